The molecule has 0 fully saturated rings. The van der Waals surface area contributed by atoms with Gasteiger partial charge in [0.25, 0.3) is 0 Å². The van der Waals surface area contributed by atoms with Gasteiger partial charge in [-0.15, -0.1) is 0 Å². The normalized spacial score (nSPS) is 10.7. The molecule has 4 heteroatoms. The molecular formula is C10H19N3O. The van der Waals surface area contributed by atoms with Gasteiger partial charge in [-0.3, -0.25) is 0 Å². The fourth-order valence-corrected chi connectivity index (χ4v) is 1.26. The molecular weight excluding hydrogens is 178 g/mol. The molecule has 1 aromatic rings. The smallest absolute Gasteiger partial charge is 0.226 e. The second-order valence-electron chi connectivity index (χ2n) is 3.42. The van der Waals surface area contributed by atoms with E-state index in [4.69, 9.17) is 4.52 Å². The summed E-state index contributed by atoms with van der Waals surface area (Å²) in [5, 5.41) is 6.96. The maximum atomic E-state index is 5.12. The first-order valence-corrected chi connectivity index (χ1v) is 5.33. The summed E-state index contributed by atoms with van der Waals surface area (Å²) in [6.07, 6.45) is 5.35. The molecule has 1 aromatic heterocycles. The monoisotopic (exact) mass is 197 g/mol. The van der Waals surface area contributed by atoms with Crippen LogP contribution >= 0.6 is 0 Å². The topological polar surface area (TPSA) is 51.0 Å². The Balaban J connectivity index is 2.27. The molecule has 0 aliphatic carbocycles. The number of aryl methyl sites for hydroxylation is 1. The van der Waals surface area contributed by atoms with Crippen LogP contribution in [0.15, 0.2) is 4.52 Å². The highest BCUT2D eigenvalue weighted by Gasteiger charge is 2.04. The second kappa shape index (κ2) is 6.54. The van der Waals surface area contributed by atoms with Gasteiger partial charge in [0.15, 0.2) is 5.82 Å². The summed E-state index contributed by atoms with van der Waals surface area (Å²) in [6, 6.07) is 0. The Morgan fingerprint density at radius 3 is 2.86 bits per heavy atom. The summed E-state index contributed by atoms with van der Waals surface area (Å²) in [6.45, 7) is 3.08. The van der Waals surface area contributed by atoms with Crippen LogP contribution in [-0.4, -0.2) is 23.7 Å². The van der Waals surface area contributed by atoms with Crippen molar-refractivity contribution in [1.29, 1.82) is 0 Å². The number of unbranched alkanes of at least 4 members (excludes halogenated alkanes) is 2. The molecule has 80 valence electrons. The van der Waals surface area contributed by atoms with Crippen LogP contribution in [-0.2, 0) is 12.8 Å². The first-order chi connectivity index (χ1) is 6.86. The molecule has 0 radical (unpaired) electrons. The van der Waals surface area contributed by atoms with Crippen LogP contribution in [0.4, 0.5) is 0 Å². The summed E-state index contributed by atoms with van der Waals surface area (Å²) >= 11 is 0. The van der Waals surface area contributed by atoms with E-state index in [-0.39, 0.29) is 0 Å². The Bertz CT molecular complexity index is 247. The lowest BCUT2D eigenvalue weighted by molar-refractivity contribution is 0.369. The average Bonchev–Trinajstić information content (AvgIpc) is 2.63. The van der Waals surface area contributed by atoms with Crippen molar-refractivity contribution in [1.82, 2.24) is 15.5 Å². The first-order valence-electron chi connectivity index (χ1n) is 5.33. The summed E-state index contributed by atoms with van der Waals surface area (Å²) in [4.78, 5) is 4.30. The molecule has 0 saturated heterocycles. The molecule has 0 atom stereocenters. The van der Waals surface area contributed by atoms with Gasteiger partial charge in [0.2, 0.25) is 5.89 Å². The molecule has 4 nitrogen and oxygen atoms in total. The van der Waals surface area contributed by atoms with Gasteiger partial charge in [0.1, 0.15) is 0 Å². The van der Waals surface area contributed by atoms with E-state index >= 15 is 0 Å². The maximum absolute atomic E-state index is 5.12. The zero-order chi connectivity index (χ0) is 10.2. The fraction of sp³-hybridized carbons (Fsp3) is 0.800. The summed E-state index contributed by atoms with van der Waals surface area (Å²) in [7, 11) is 1.92. The number of hydrogen-bond acceptors (Lipinski definition) is 4. The lowest BCUT2D eigenvalue weighted by atomic mass is 10.2. The number of hydrogen-bond donors (Lipinski definition) is 1. The quantitative estimate of drug-likeness (QED) is 0.674. The lowest BCUT2D eigenvalue weighted by Crippen LogP contribution is -2.11. The number of nitrogens with zero attached hydrogens (tertiary/aromatic N) is 2. The number of nitrogens with one attached hydrogen (secondary N) is 1. The Hall–Kier alpha value is -0.900. The van der Waals surface area contributed by atoms with Crippen LogP contribution in [0.1, 0.15) is 37.9 Å². The van der Waals surface area contributed by atoms with E-state index < -0.39 is 0 Å². The van der Waals surface area contributed by atoms with E-state index in [1.807, 2.05) is 7.05 Å². The molecule has 0 aliphatic heterocycles. The van der Waals surface area contributed by atoms with Gasteiger partial charge < -0.3 is 9.84 Å². The van der Waals surface area contributed by atoms with Crippen molar-refractivity contribution in [2.24, 2.45) is 0 Å². The van der Waals surface area contributed by atoms with Crippen molar-refractivity contribution in [3.05, 3.63) is 11.7 Å². The van der Waals surface area contributed by atoms with Crippen molar-refractivity contribution in [3.8, 4) is 0 Å². The van der Waals surface area contributed by atoms with Crippen LogP contribution in [0.25, 0.3) is 0 Å². The van der Waals surface area contributed by atoms with E-state index in [1.165, 1.54) is 12.8 Å². The minimum Gasteiger partial charge on any atom is -0.339 e. The zero-order valence-corrected chi connectivity index (χ0v) is 9.05. The van der Waals surface area contributed by atoms with E-state index in [0.717, 1.165) is 37.5 Å². The average molecular weight is 197 g/mol. The largest absolute Gasteiger partial charge is 0.339 e. The van der Waals surface area contributed by atoms with E-state index in [0.29, 0.717) is 0 Å². The zero-order valence-electron chi connectivity index (χ0n) is 9.05. The van der Waals surface area contributed by atoms with E-state index in [2.05, 4.69) is 22.4 Å². The third kappa shape index (κ3) is 3.87. The molecule has 1 heterocycles. The molecule has 1 N–H and O–H groups in total. The van der Waals surface area contributed by atoms with Crippen molar-refractivity contribution >= 4 is 0 Å². The van der Waals surface area contributed by atoms with Crippen molar-refractivity contribution in [3.63, 3.8) is 0 Å². The second-order valence-corrected chi connectivity index (χ2v) is 3.42. The molecule has 1 rings (SSSR count). The predicted octanol–water partition coefficient (Wildman–Crippen LogP) is 1.56. The summed E-state index contributed by atoms with van der Waals surface area (Å²) in [5.74, 6) is 1.59. The summed E-state index contributed by atoms with van der Waals surface area (Å²) in [5.41, 5.74) is 0. The Labute approximate surface area is 85.1 Å². The molecule has 0 aromatic carbocycles. The van der Waals surface area contributed by atoms with Crippen LogP contribution in [0, 0.1) is 0 Å². The standard InChI is InChI=1S/C10H19N3O/c1-3-4-5-6-10-12-9(13-14-10)7-8-11-2/h11H,3-8H2,1-2H3. The lowest BCUT2D eigenvalue weighted by Gasteiger charge is -1.92. The first kappa shape index (κ1) is 11.2. The van der Waals surface area contributed by atoms with Gasteiger partial charge in [0.05, 0.1) is 0 Å². The number of rotatable bonds is 7. The molecule has 0 unspecified atom stereocenters. The highest BCUT2D eigenvalue weighted by molar-refractivity contribution is 4.87. The van der Waals surface area contributed by atoms with Crippen LogP contribution < -0.4 is 5.32 Å². The van der Waals surface area contributed by atoms with Gasteiger partial charge in [0, 0.05) is 19.4 Å². The third-order valence-corrected chi connectivity index (χ3v) is 2.10. The highest BCUT2D eigenvalue weighted by Crippen LogP contribution is 2.04. The summed E-state index contributed by atoms with van der Waals surface area (Å²) < 4.78 is 5.12. The maximum Gasteiger partial charge on any atom is 0.226 e. The highest BCUT2D eigenvalue weighted by atomic mass is 16.5. The van der Waals surface area contributed by atoms with Crippen molar-refractivity contribution < 1.29 is 4.52 Å². The van der Waals surface area contributed by atoms with Crippen LogP contribution in [0.3, 0.4) is 0 Å². The van der Waals surface area contributed by atoms with Crippen molar-refractivity contribution in [2.75, 3.05) is 13.6 Å². The van der Waals surface area contributed by atoms with Crippen LogP contribution in [0.2, 0.25) is 0 Å². The molecule has 0 bridgehead atoms. The molecule has 0 spiro atoms. The number of aromatic nitrogens is 2. The minimum absolute atomic E-state index is 0.782. The Morgan fingerprint density at radius 2 is 2.14 bits per heavy atom. The fourth-order valence-electron chi connectivity index (χ4n) is 1.26. The predicted molar refractivity (Wildman–Crippen MR) is 55.2 cm³/mol. The van der Waals surface area contributed by atoms with Crippen molar-refractivity contribution in [2.45, 2.75) is 39.0 Å². The Kier molecular flexibility index (Phi) is 5.22. The van der Waals surface area contributed by atoms with Gasteiger partial charge >= 0.3 is 0 Å². The van der Waals surface area contributed by atoms with Gasteiger partial charge in [-0.1, -0.05) is 24.9 Å². The molecule has 14 heavy (non-hydrogen) atoms. The van der Waals surface area contributed by atoms with Gasteiger partial charge in [-0.25, -0.2) is 0 Å². The van der Waals surface area contributed by atoms with Gasteiger partial charge in [-0.05, 0) is 13.5 Å². The number of likely N-dealkylation sites (N-methyl/N-ethyl adjacent to an activating group) is 1. The Morgan fingerprint density at radius 1 is 1.29 bits per heavy atom. The molecule has 0 aliphatic rings. The molecule has 0 saturated carbocycles. The minimum atomic E-state index is 0.782. The SMILES string of the molecule is CCCCCc1nc(CCNC)no1. The van der Waals surface area contributed by atoms with Gasteiger partial charge in [-0.2, -0.15) is 4.98 Å². The van der Waals surface area contributed by atoms with Crippen LogP contribution in [0.5, 0.6) is 0 Å². The van der Waals surface area contributed by atoms with E-state index in [1.54, 1.807) is 0 Å². The van der Waals surface area contributed by atoms with E-state index in [9.17, 15) is 0 Å². The third-order valence-electron chi connectivity index (χ3n) is 2.10. The molecule has 0 amide bonds.